The summed E-state index contributed by atoms with van der Waals surface area (Å²) in [5, 5.41) is 13.5. The minimum absolute atomic E-state index is 0.221. The normalized spacial score (nSPS) is 13.1. The molecular weight excluding hydrogens is 202 g/mol. The molecular formula is C13H29NO2. The van der Waals surface area contributed by atoms with Gasteiger partial charge >= 0.3 is 0 Å². The van der Waals surface area contributed by atoms with Crippen molar-refractivity contribution in [1.82, 2.24) is 5.32 Å². The van der Waals surface area contributed by atoms with Crippen LogP contribution in [0, 0.1) is 5.41 Å². The Balaban J connectivity index is 3.87. The molecule has 0 amide bonds. The first kappa shape index (κ1) is 15.9. The van der Waals surface area contributed by atoms with Crippen molar-refractivity contribution in [2.75, 3.05) is 26.8 Å². The van der Waals surface area contributed by atoms with Gasteiger partial charge in [-0.2, -0.15) is 0 Å². The van der Waals surface area contributed by atoms with Crippen molar-refractivity contribution in [3.8, 4) is 0 Å². The van der Waals surface area contributed by atoms with E-state index in [0.717, 1.165) is 32.4 Å². The molecule has 3 heteroatoms. The molecule has 3 nitrogen and oxygen atoms in total. The predicted molar refractivity (Wildman–Crippen MR) is 68.7 cm³/mol. The fourth-order valence-electron chi connectivity index (χ4n) is 1.60. The topological polar surface area (TPSA) is 41.5 Å². The molecule has 0 saturated heterocycles. The average molecular weight is 231 g/mol. The number of nitrogens with one attached hydrogen (secondary N) is 1. The summed E-state index contributed by atoms with van der Waals surface area (Å²) in [6.45, 7) is 10.9. The van der Waals surface area contributed by atoms with Crippen molar-refractivity contribution in [1.29, 1.82) is 0 Å². The van der Waals surface area contributed by atoms with E-state index in [2.05, 4.69) is 19.2 Å². The zero-order chi connectivity index (χ0) is 12.7. The molecule has 0 spiro atoms. The molecule has 16 heavy (non-hydrogen) atoms. The Kier molecular flexibility index (Phi) is 7.20. The van der Waals surface area contributed by atoms with Crippen LogP contribution in [0.1, 0.15) is 47.0 Å². The number of hydrogen-bond donors (Lipinski definition) is 2. The highest BCUT2D eigenvalue weighted by atomic mass is 16.5. The molecule has 0 aromatic heterocycles. The van der Waals surface area contributed by atoms with Crippen LogP contribution < -0.4 is 5.32 Å². The fourth-order valence-corrected chi connectivity index (χ4v) is 1.60. The third-order valence-corrected chi connectivity index (χ3v) is 3.36. The summed E-state index contributed by atoms with van der Waals surface area (Å²) in [5.74, 6) is 0. The van der Waals surface area contributed by atoms with Crippen LogP contribution in [-0.4, -0.2) is 37.5 Å². The second-order valence-electron chi connectivity index (χ2n) is 5.44. The molecule has 0 aliphatic rings. The van der Waals surface area contributed by atoms with Crippen molar-refractivity contribution in [3.63, 3.8) is 0 Å². The van der Waals surface area contributed by atoms with Gasteiger partial charge in [-0.15, -0.1) is 0 Å². The second kappa shape index (κ2) is 7.25. The van der Waals surface area contributed by atoms with Gasteiger partial charge in [0.2, 0.25) is 0 Å². The molecule has 0 heterocycles. The number of methoxy groups -OCH3 is 1. The summed E-state index contributed by atoms with van der Waals surface area (Å²) in [4.78, 5) is 0. The summed E-state index contributed by atoms with van der Waals surface area (Å²) in [5.41, 5.74) is -0.324. The van der Waals surface area contributed by atoms with E-state index in [-0.39, 0.29) is 5.41 Å². The lowest BCUT2D eigenvalue weighted by Gasteiger charge is -2.30. The van der Waals surface area contributed by atoms with E-state index >= 15 is 0 Å². The van der Waals surface area contributed by atoms with E-state index in [1.165, 1.54) is 0 Å². The highest BCUT2D eigenvalue weighted by molar-refractivity contribution is 4.80. The third-order valence-electron chi connectivity index (χ3n) is 3.36. The molecule has 0 unspecified atom stereocenters. The monoisotopic (exact) mass is 231 g/mol. The number of ether oxygens (including phenoxy) is 1. The Hall–Kier alpha value is -0.120. The molecule has 0 aliphatic heterocycles. The minimum atomic E-state index is -0.544. The lowest BCUT2D eigenvalue weighted by atomic mass is 9.89. The molecule has 0 bridgehead atoms. The van der Waals surface area contributed by atoms with Gasteiger partial charge in [0.05, 0.1) is 5.60 Å². The number of hydrogen-bond acceptors (Lipinski definition) is 3. The van der Waals surface area contributed by atoms with E-state index in [0.29, 0.717) is 6.54 Å². The summed E-state index contributed by atoms with van der Waals surface area (Å²) >= 11 is 0. The Morgan fingerprint density at radius 3 is 2.12 bits per heavy atom. The largest absolute Gasteiger partial charge is 0.389 e. The van der Waals surface area contributed by atoms with Crippen LogP contribution in [0.25, 0.3) is 0 Å². The van der Waals surface area contributed by atoms with E-state index in [9.17, 15) is 5.11 Å². The van der Waals surface area contributed by atoms with Crippen molar-refractivity contribution in [2.45, 2.75) is 52.6 Å². The van der Waals surface area contributed by atoms with Gasteiger partial charge < -0.3 is 15.2 Å². The van der Waals surface area contributed by atoms with Crippen molar-refractivity contribution in [3.05, 3.63) is 0 Å². The summed E-state index contributed by atoms with van der Waals surface area (Å²) in [6, 6.07) is 0. The van der Waals surface area contributed by atoms with Crippen LogP contribution in [0.15, 0.2) is 0 Å². The minimum Gasteiger partial charge on any atom is -0.389 e. The van der Waals surface area contributed by atoms with Crippen LogP contribution in [0.3, 0.4) is 0 Å². The van der Waals surface area contributed by atoms with Gasteiger partial charge in [0.1, 0.15) is 0 Å². The SMILES string of the molecule is CCC(O)(CC)CNCC(C)(C)CCOC. The van der Waals surface area contributed by atoms with Gasteiger partial charge in [-0.3, -0.25) is 0 Å². The molecule has 0 radical (unpaired) electrons. The predicted octanol–water partition coefficient (Wildman–Crippen LogP) is 2.19. The highest BCUT2D eigenvalue weighted by Crippen LogP contribution is 2.19. The maximum atomic E-state index is 10.1. The molecule has 0 fully saturated rings. The average Bonchev–Trinajstić information content (AvgIpc) is 2.26. The van der Waals surface area contributed by atoms with Crippen LogP contribution in [0.5, 0.6) is 0 Å². The van der Waals surface area contributed by atoms with E-state index in [1.54, 1.807) is 7.11 Å². The Morgan fingerprint density at radius 1 is 1.12 bits per heavy atom. The van der Waals surface area contributed by atoms with Crippen molar-refractivity contribution >= 4 is 0 Å². The fraction of sp³-hybridized carbons (Fsp3) is 1.00. The van der Waals surface area contributed by atoms with Gasteiger partial charge in [0.25, 0.3) is 0 Å². The first-order valence-corrected chi connectivity index (χ1v) is 6.31. The van der Waals surface area contributed by atoms with Gasteiger partial charge in [0, 0.05) is 26.8 Å². The Morgan fingerprint density at radius 2 is 1.69 bits per heavy atom. The maximum absolute atomic E-state index is 10.1. The first-order chi connectivity index (χ1) is 7.39. The molecule has 0 rings (SSSR count). The van der Waals surface area contributed by atoms with Crippen LogP contribution in [0.2, 0.25) is 0 Å². The molecule has 98 valence electrons. The van der Waals surface area contributed by atoms with Gasteiger partial charge in [-0.05, 0) is 24.7 Å². The van der Waals surface area contributed by atoms with Crippen LogP contribution >= 0.6 is 0 Å². The number of aliphatic hydroxyl groups is 1. The molecule has 0 aromatic rings. The zero-order valence-electron chi connectivity index (χ0n) is 11.6. The molecule has 0 aromatic carbocycles. The van der Waals surface area contributed by atoms with Crippen LogP contribution in [0.4, 0.5) is 0 Å². The number of rotatable bonds is 9. The quantitative estimate of drug-likeness (QED) is 0.639. The Bertz CT molecular complexity index is 177. The maximum Gasteiger partial charge on any atom is 0.0766 e. The van der Waals surface area contributed by atoms with Gasteiger partial charge in [0.15, 0.2) is 0 Å². The Labute approximate surface area is 101 Å². The lowest BCUT2D eigenvalue weighted by Crippen LogP contribution is -2.42. The third kappa shape index (κ3) is 6.46. The summed E-state index contributed by atoms with van der Waals surface area (Å²) < 4.78 is 5.09. The first-order valence-electron chi connectivity index (χ1n) is 6.31. The van der Waals surface area contributed by atoms with Gasteiger partial charge in [-0.25, -0.2) is 0 Å². The smallest absolute Gasteiger partial charge is 0.0766 e. The van der Waals surface area contributed by atoms with E-state index < -0.39 is 5.60 Å². The van der Waals surface area contributed by atoms with Crippen molar-refractivity contribution in [2.24, 2.45) is 5.41 Å². The highest BCUT2D eigenvalue weighted by Gasteiger charge is 2.23. The van der Waals surface area contributed by atoms with Crippen molar-refractivity contribution < 1.29 is 9.84 Å². The molecule has 0 aliphatic carbocycles. The summed E-state index contributed by atoms with van der Waals surface area (Å²) in [6.07, 6.45) is 2.64. The second-order valence-corrected chi connectivity index (χ2v) is 5.44. The zero-order valence-corrected chi connectivity index (χ0v) is 11.6. The molecule has 0 saturated carbocycles. The molecule has 2 N–H and O–H groups in total. The standard InChI is InChI=1S/C13H29NO2/c1-6-13(15,7-2)11-14-10-12(3,4)8-9-16-5/h14-15H,6-11H2,1-5H3. The summed E-state index contributed by atoms with van der Waals surface area (Å²) in [7, 11) is 1.73. The lowest BCUT2D eigenvalue weighted by molar-refractivity contribution is 0.0296. The van der Waals surface area contributed by atoms with E-state index in [4.69, 9.17) is 4.74 Å². The van der Waals surface area contributed by atoms with Crippen LogP contribution in [-0.2, 0) is 4.74 Å². The molecule has 0 atom stereocenters. The van der Waals surface area contributed by atoms with Gasteiger partial charge in [-0.1, -0.05) is 27.7 Å². The van der Waals surface area contributed by atoms with E-state index in [1.807, 2.05) is 13.8 Å².